The van der Waals surface area contributed by atoms with Crippen molar-refractivity contribution < 1.29 is 22.4 Å². The summed E-state index contributed by atoms with van der Waals surface area (Å²) >= 11 is 0. The molecule has 0 aliphatic heterocycles. The van der Waals surface area contributed by atoms with Crippen LogP contribution in [0.2, 0.25) is 0 Å². The van der Waals surface area contributed by atoms with Crippen molar-refractivity contribution in [2.24, 2.45) is 18.2 Å². The van der Waals surface area contributed by atoms with E-state index in [0.29, 0.717) is 16.7 Å². The van der Waals surface area contributed by atoms with E-state index in [4.69, 9.17) is 5.73 Å². The molecule has 0 aliphatic rings. The van der Waals surface area contributed by atoms with E-state index in [2.05, 4.69) is 5.10 Å². The lowest BCUT2D eigenvalue weighted by Crippen LogP contribution is -2.17. The summed E-state index contributed by atoms with van der Waals surface area (Å²) in [5, 5.41) is 3.27. The van der Waals surface area contributed by atoms with Gasteiger partial charge in [-0.2, -0.15) is 22.7 Å². The molecular formula is C19H23F4N3O. The minimum absolute atomic E-state index is 0.00804. The summed E-state index contributed by atoms with van der Waals surface area (Å²) in [4.78, 5) is 11.8. The molecule has 2 N–H and O–H groups in total. The number of primary amides is 1. The number of nitrogens with two attached hydrogens (primary N) is 1. The Labute approximate surface area is 155 Å². The standard InChI is InChI=1S/C19H23F4N3O/c1-10(9-18(2,3)4)13-8-11(6-7-12(13)17(24)27)14-15(19(21,22)23)25-26(5)16(14)20/h6-8,10H,9H2,1-5H3,(H2,24,27). The number of nitrogens with zero attached hydrogens (tertiary/aromatic N) is 2. The Hall–Kier alpha value is -2.38. The van der Waals surface area contributed by atoms with Crippen molar-refractivity contribution in [1.29, 1.82) is 0 Å². The third kappa shape index (κ3) is 4.48. The molecule has 1 amide bonds. The molecule has 1 heterocycles. The number of amides is 1. The fraction of sp³-hybridized carbons (Fsp3) is 0.474. The van der Waals surface area contributed by atoms with Gasteiger partial charge in [-0.05, 0) is 41.0 Å². The lowest BCUT2D eigenvalue weighted by atomic mass is 9.80. The quantitative estimate of drug-likeness (QED) is 0.762. The third-order valence-electron chi connectivity index (χ3n) is 4.30. The normalized spacial score (nSPS) is 13.7. The van der Waals surface area contributed by atoms with Crippen LogP contribution in [0.3, 0.4) is 0 Å². The second-order valence-corrected chi connectivity index (χ2v) is 7.97. The number of aryl methyl sites for hydroxylation is 1. The molecule has 1 atom stereocenters. The zero-order valence-corrected chi connectivity index (χ0v) is 15.9. The van der Waals surface area contributed by atoms with Gasteiger partial charge in [0.1, 0.15) is 0 Å². The van der Waals surface area contributed by atoms with E-state index >= 15 is 0 Å². The summed E-state index contributed by atoms with van der Waals surface area (Å²) in [6, 6.07) is 4.02. The van der Waals surface area contributed by atoms with Gasteiger partial charge in [-0.3, -0.25) is 4.79 Å². The van der Waals surface area contributed by atoms with E-state index in [1.807, 2.05) is 27.7 Å². The molecule has 1 aromatic heterocycles. The highest BCUT2D eigenvalue weighted by Crippen LogP contribution is 2.40. The average Bonchev–Trinajstić information content (AvgIpc) is 2.80. The fourth-order valence-corrected chi connectivity index (χ4v) is 3.34. The predicted octanol–water partition coefficient (Wildman–Crippen LogP) is 4.88. The highest BCUT2D eigenvalue weighted by Gasteiger charge is 2.40. The summed E-state index contributed by atoms with van der Waals surface area (Å²) in [7, 11) is 1.11. The fourth-order valence-electron chi connectivity index (χ4n) is 3.34. The van der Waals surface area contributed by atoms with Crippen molar-refractivity contribution in [1.82, 2.24) is 9.78 Å². The van der Waals surface area contributed by atoms with Gasteiger partial charge in [0, 0.05) is 12.6 Å². The van der Waals surface area contributed by atoms with Crippen LogP contribution in [-0.4, -0.2) is 15.7 Å². The molecule has 148 valence electrons. The van der Waals surface area contributed by atoms with Crippen molar-refractivity contribution in [3.63, 3.8) is 0 Å². The maximum atomic E-state index is 14.4. The van der Waals surface area contributed by atoms with Crippen molar-refractivity contribution in [2.75, 3.05) is 0 Å². The second-order valence-electron chi connectivity index (χ2n) is 7.97. The van der Waals surface area contributed by atoms with E-state index in [1.165, 1.54) is 18.2 Å². The molecule has 2 aromatic rings. The van der Waals surface area contributed by atoms with E-state index in [1.54, 1.807) is 0 Å². The smallest absolute Gasteiger partial charge is 0.366 e. The molecule has 0 saturated carbocycles. The molecule has 0 radical (unpaired) electrons. The highest BCUT2D eigenvalue weighted by molar-refractivity contribution is 5.95. The Balaban J connectivity index is 2.68. The Kier molecular flexibility index (Phi) is 5.41. The highest BCUT2D eigenvalue weighted by atomic mass is 19.4. The summed E-state index contributed by atoms with van der Waals surface area (Å²) in [5.74, 6) is -1.94. The minimum atomic E-state index is -4.81. The van der Waals surface area contributed by atoms with Gasteiger partial charge in [-0.1, -0.05) is 33.8 Å². The van der Waals surface area contributed by atoms with Crippen LogP contribution in [0.15, 0.2) is 18.2 Å². The zero-order valence-electron chi connectivity index (χ0n) is 15.9. The first-order valence-corrected chi connectivity index (χ1v) is 8.46. The molecule has 2 rings (SSSR count). The zero-order chi connectivity index (χ0) is 20.7. The number of rotatable bonds is 4. The molecule has 4 nitrogen and oxygen atoms in total. The number of carbonyl (C=O) groups is 1. The first kappa shape index (κ1) is 20.9. The van der Waals surface area contributed by atoms with Crippen LogP contribution in [0.4, 0.5) is 17.6 Å². The van der Waals surface area contributed by atoms with Crippen LogP contribution in [0.5, 0.6) is 0 Å². The van der Waals surface area contributed by atoms with Gasteiger partial charge < -0.3 is 5.73 Å². The number of aromatic nitrogens is 2. The monoisotopic (exact) mass is 385 g/mol. The molecular weight excluding hydrogens is 362 g/mol. The van der Waals surface area contributed by atoms with Crippen LogP contribution in [0, 0.1) is 11.4 Å². The Morgan fingerprint density at radius 2 is 1.85 bits per heavy atom. The lowest BCUT2D eigenvalue weighted by molar-refractivity contribution is -0.141. The SMILES string of the molecule is CC(CC(C)(C)C)c1cc(-c2c(C(F)(F)F)nn(C)c2F)ccc1C(N)=O. The van der Waals surface area contributed by atoms with E-state index < -0.39 is 29.3 Å². The summed E-state index contributed by atoms with van der Waals surface area (Å²) in [5.41, 5.74) is 4.13. The van der Waals surface area contributed by atoms with Gasteiger partial charge in [-0.15, -0.1) is 0 Å². The van der Waals surface area contributed by atoms with Crippen LogP contribution < -0.4 is 5.73 Å². The maximum Gasteiger partial charge on any atom is 0.435 e. The molecule has 1 unspecified atom stereocenters. The van der Waals surface area contributed by atoms with Crippen molar-refractivity contribution >= 4 is 5.91 Å². The van der Waals surface area contributed by atoms with Crippen LogP contribution in [-0.2, 0) is 13.2 Å². The molecule has 0 aliphatic carbocycles. The second kappa shape index (κ2) is 6.98. The van der Waals surface area contributed by atoms with Gasteiger partial charge in [-0.25, -0.2) is 4.68 Å². The van der Waals surface area contributed by atoms with Gasteiger partial charge in [0.05, 0.1) is 5.56 Å². The Bertz CT molecular complexity index is 863. The first-order chi connectivity index (χ1) is 12.2. The van der Waals surface area contributed by atoms with Crippen molar-refractivity contribution in [3.8, 4) is 11.1 Å². The molecule has 27 heavy (non-hydrogen) atoms. The van der Waals surface area contributed by atoms with Crippen LogP contribution >= 0.6 is 0 Å². The number of hydrogen-bond acceptors (Lipinski definition) is 2. The molecule has 1 aromatic carbocycles. The Morgan fingerprint density at radius 3 is 2.33 bits per heavy atom. The topological polar surface area (TPSA) is 60.9 Å². The van der Waals surface area contributed by atoms with Gasteiger partial charge in [0.25, 0.3) is 0 Å². The molecule has 8 heteroatoms. The van der Waals surface area contributed by atoms with Crippen molar-refractivity contribution in [3.05, 3.63) is 41.0 Å². The molecule has 0 spiro atoms. The molecule has 0 saturated heterocycles. The van der Waals surface area contributed by atoms with E-state index in [-0.39, 0.29) is 22.5 Å². The summed E-state index contributed by atoms with van der Waals surface area (Å²) < 4.78 is 54.9. The molecule has 0 fully saturated rings. The van der Waals surface area contributed by atoms with Gasteiger partial charge >= 0.3 is 6.18 Å². The largest absolute Gasteiger partial charge is 0.435 e. The number of halogens is 4. The average molecular weight is 385 g/mol. The summed E-state index contributed by atoms with van der Waals surface area (Å²) in [6.07, 6.45) is -4.14. The number of hydrogen-bond donors (Lipinski definition) is 1. The first-order valence-electron chi connectivity index (χ1n) is 8.46. The number of carbonyl (C=O) groups excluding carboxylic acids is 1. The third-order valence-corrected chi connectivity index (χ3v) is 4.30. The Morgan fingerprint density at radius 1 is 1.26 bits per heavy atom. The predicted molar refractivity (Wildman–Crippen MR) is 94.6 cm³/mol. The van der Waals surface area contributed by atoms with E-state index in [0.717, 1.165) is 7.05 Å². The van der Waals surface area contributed by atoms with E-state index in [9.17, 15) is 22.4 Å². The number of benzene rings is 1. The van der Waals surface area contributed by atoms with Crippen LogP contribution in [0.25, 0.3) is 11.1 Å². The minimum Gasteiger partial charge on any atom is -0.366 e. The van der Waals surface area contributed by atoms with Crippen LogP contribution in [0.1, 0.15) is 61.6 Å². The van der Waals surface area contributed by atoms with Gasteiger partial charge in [0.2, 0.25) is 11.9 Å². The van der Waals surface area contributed by atoms with Gasteiger partial charge in [0.15, 0.2) is 5.69 Å². The number of alkyl halides is 3. The van der Waals surface area contributed by atoms with Crippen molar-refractivity contribution in [2.45, 2.75) is 46.2 Å². The molecule has 0 bridgehead atoms. The summed E-state index contributed by atoms with van der Waals surface area (Å²) in [6.45, 7) is 7.90. The lowest BCUT2D eigenvalue weighted by Gasteiger charge is -2.25. The maximum absolute atomic E-state index is 14.4.